The van der Waals surface area contributed by atoms with Gasteiger partial charge in [0.15, 0.2) is 23.7 Å². The zero-order chi connectivity index (χ0) is 29.7. The number of likely N-dealkylation sites (tertiary alicyclic amines) is 1. The zero-order valence-corrected chi connectivity index (χ0v) is 23.7. The summed E-state index contributed by atoms with van der Waals surface area (Å²) in [6.45, 7) is 7.04. The van der Waals surface area contributed by atoms with Gasteiger partial charge in [0.2, 0.25) is 6.10 Å². The molecule has 41 heavy (non-hydrogen) atoms. The second-order valence-corrected chi connectivity index (χ2v) is 11.1. The fourth-order valence-corrected chi connectivity index (χ4v) is 6.53. The van der Waals surface area contributed by atoms with Crippen LogP contribution in [0.2, 0.25) is 0 Å². The number of aryl methyl sites for hydroxylation is 1. The van der Waals surface area contributed by atoms with E-state index in [9.17, 15) is 24.6 Å². The Kier molecular flexibility index (Phi) is 7.33. The van der Waals surface area contributed by atoms with Crippen LogP contribution in [0.5, 0.6) is 11.5 Å². The normalized spacial score (nSPS) is 28.1. The lowest BCUT2D eigenvalue weighted by molar-refractivity contribution is -0.179. The Balaban J connectivity index is 1.42. The van der Waals surface area contributed by atoms with Crippen molar-refractivity contribution in [2.45, 2.75) is 75.9 Å². The Morgan fingerprint density at radius 3 is 2.49 bits per heavy atom. The Morgan fingerprint density at radius 2 is 1.80 bits per heavy atom. The Labute approximate surface area is 238 Å². The predicted octanol–water partition coefficient (Wildman–Crippen LogP) is 3.22. The molecule has 0 amide bonds. The second kappa shape index (κ2) is 10.5. The van der Waals surface area contributed by atoms with Gasteiger partial charge in [-0.2, -0.15) is 0 Å². The van der Waals surface area contributed by atoms with Crippen molar-refractivity contribution >= 4 is 17.9 Å². The van der Waals surface area contributed by atoms with Gasteiger partial charge in [-0.1, -0.05) is 36.4 Å². The number of piperidine rings is 1. The molecule has 0 bridgehead atoms. The molecular formula is C31H35NO9. The van der Waals surface area contributed by atoms with Gasteiger partial charge in [-0.05, 0) is 58.5 Å². The lowest BCUT2D eigenvalue weighted by Crippen LogP contribution is -2.71. The number of aliphatic hydroxyl groups is 1. The lowest BCUT2D eigenvalue weighted by atomic mass is 9.54. The van der Waals surface area contributed by atoms with Gasteiger partial charge in [0, 0.05) is 30.5 Å². The molecule has 0 unspecified atom stereocenters. The molecule has 3 aliphatic rings. The van der Waals surface area contributed by atoms with Crippen molar-refractivity contribution in [1.29, 1.82) is 0 Å². The van der Waals surface area contributed by atoms with Gasteiger partial charge in [-0.15, -0.1) is 0 Å². The van der Waals surface area contributed by atoms with E-state index in [1.54, 1.807) is 48.5 Å². The van der Waals surface area contributed by atoms with Crippen LogP contribution in [-0.2, 0) is 34.0 Å². The van der Waals surface area contributed by atoms with Gasteiger partial charge < -0.3 is 34.1 Å². The average molecular weight is 566 g/mol. The Morgan fingerprint density at radius 1 is 1.10 bits per heavy atom. The van der Waals surface area contributed by atoms with E-state index >= 15 is 0 Å². The average Bonchev–Trinajstić information content (AvgIpc) is 3.31. The zero-order valence-electron chi connectivity index (χ0n) is 23.7. The Hall–Kier alpha value is -3.89. The minimum absolute atomic E-state index is 0.0614. The molecule has 218 valence electrons. The standard InChI is InChI=1S/C31H35NO9/c1-17-11-12-22(34)26-24(17)30-15-16-32(5)19(3)31(30,37)14-13-23(27(30)41-26)40-28(35)18(2)38-29(36)25(39-20(4)33)21-9-7-6-8-10-21/h6-13,18-19,25,27,34,37H,14-16H2,1-5H3/t18-,19+,25-,27-,30-,31+/m0/s1. The van der Waals surface area contributed by atoms with Crippen molar-refractivity contribution in [3.05, 3.63) is 71.0 Å². The molecule has 0 radical (unpaired) electrons. The number of phenols is 1. The second-order valence-electron chi connectivity index (χ2n) is 11.1. The summed E-state index contributed by atoms with van der Waals surface area (Å²) in [7, 11) is 1.95. The fourth-order valence-electron chi connectivity index (χ4n) is 6.53. The van der Waals surface area contributed by atoms with Crippen molar-refractivity contribution in [2.75, 3.05) is 13.6 Å². The van der Waals surface area contributed by atoms with Crippen LogP contribution in [0.15, 0.2) is 54.3 Å². The highest BCUT2D eigenvalue weighted by Gasteiger charge is 2.69. The Bertz CT molecular complexity index is 1410. The van der Waals surface area contributed by atoms with E-state index in [0.717, 1.165) is 5.56 Å². The summed E-state index contributed by atoms with van der Waals surface area (Å²) in [5.41, 5.74) is -0.320. The number of carbonyl (C=O) groups is 3. The van der Waals surface area contributed by atoms with E-state index in [0.29, 0.717) is 24.1 Å². The highest BCUT2D eigenvalue weighted by molar-refractivity contribution is 5.84. The van der Waals surface area contributed by atoms with Gasteiger partial charge in [0.1, 0.15) is 5.76 Å². The molecule has 1 spiro atoms. The van der Waals surface area contributed by atoms with Crippen molar-refractivity contribution in [3.63, 3.8) is 0 Å². The number of hydrogen-bond donors (Lipinski definition) is 2. The van der Waals surface area contributed by atoms with Gasteiger partial charge in [-0.25, -0.2) is 9.59 Å². The molecule has 10 nitrogen and oxygen atoms in total. The van der Waals surface area contributed by atoms with Crippen LogP contribution in [-0.4, -0.2) is 70.5 Å². The summed E-state index contributed by atoms with van der Waals surface area (Å²) in [6.07, 6.45) is -1.30. The molecule has 2 aromatic carbocycles. The maximum atomic E-state index is 13.3. The SMILES string of the molecule is CC(=O)O[C@H](C(=O)O[C@@H](C)C(=O)OC1=CC[C@@]2(O)[C@@H](C)N(C)CC[C@@]23c2c(C)ccc(O)c2O[C@@H]13)c1ccccc1. The molecule has 2 N–H and O–H groups in total. The number of rotatable bonds is 6. The number of ether oxygens (including phenoxy) is 4. The van der Waals surface area contributed by atoms with E-state index < -0.39 is 47.2 Å². The quantitative estimate of drug-likeness (QED) is 0.398. The number of phenolic OH excluding ortho intramolecular Hbond substituents is 1. The maximum Gasteiger partial charge on any atom is 0.353 e. The molecule has 6 atom stereocenters. The summed E-state index contributed by atoms with van der Waals surface area (Å²) < 4.78 is 22.7. The molecule has 2 aliphatic heterocycles. The maximum absolute atomic E-state index is 13.3. The molecule has 1 fully saturated rings. The first-order valence-electron chi connectivity index (χ1n) is 13.7. The number of aromatic hydroxyl groups is 1. The number of hydrogen-bond acceptors (Lipinski definition) is 10. The monoisotopic (exact) mass is 565 g/mol. The highest BCUT2D eigenvalue weighted by Crippen LogP contribution is 2.62. The summed E-state index contributed by atoms with van der Waals surface area (Å²) >= 11 is 0. The summed E-state index contributed by atoms with van der Waals surface area (Å²) in [6, 6.07) is 11.4. The first-order valence-corrected chi connectivity index (χ1v) is 13.7. The summed E-state index contributed by atoms with van der Waals surface area (Å²) in [5, 5.41) is 23.0. The number of fused-ring (bicyclic) bond motifs is 1. The molecule has 1 saturated heterocycles. The first kappa shape index (κ1) is 28.6. The molecule has 1 aliphatic carbocycles. The fraction of sp³-hybridized carbons (Fsp3) is 0.452. The number of nitrogens with zero attached hydrogens (tertiary/aromatic N) is 1. The van der Waals surface area contributed by atoms with E-state index in [1.807, 2.05) is 20.9 Å². The van der Waals surface area contributed by atoms with Crippen molar-refractivity contribution < 1.29 is 43.5 Å². The molecular weight excluding hydrogens is 530 g/mol. The van der Waals surface area contributed by atoms with Crippen LogP contribution < -0.4 is 4.74 Å². The van der Waals surface area contributed by atoms with Gasteiger partial charge in [0.05, 0.1) is 11.0 Å². The van der Waals surface area contributed by atoms with Crippen LogP contribution in [0.4, 0.5) is 0 Å². The van der Waals surface area contributed by atoms with Gasteiger partial charge in [0.25, 0.3) is 0 Å². The molecule has 10 heteroatoms. The van der Waals surface area contributed by atoms with Crippen LogP contribution in [0.25, 0.3) is 0 Å². The third-order valence-electron chi connectivity index (χ3n) is 8.77. The minimum Gasteiger partial charge on any atom is -0.504 e. The van der Waals surface area contributed by atoms with Crippen molar-refractivity contribution in [1.82, 2.24) is 4.90 Å². The predicted molar refractivity (Wildman–Crippen MR) is 146 cm³/mol. The van der Waals surface area contributed by atoms with Gasteiger partial charge >= 0.3 is 17.9 Å². The third kappa shape index (κ3) is 4.55. The van der Waals surface area contributed by atoms with E-state index in [4.69, 9.17) is 18.9 Å². The van der Waals surface area contributed by atoms with E-state index in [-0.39, 0.29) is 29.7 Å². The number of benzene rings is 2. The van der Waals surface area contributed by atoms with E-state index in [1.165, 1.54) is 13.8 Å². The molecule has 2 heterocycles. The van der Waals surface area contributed by atoms with Crippen LogP contribution in [0.3, 0.4) is 0 Å². The van der Waals surface area contributed by atoms with Crippen LogP contribution >= 0.6 is 0 Å². The van der Waals surface area contributed by atoms with Gasteiger partial charge in [-0.3, -0.25) is 4.79 Å². The number of likely N-dealkylation sites (N-methyl/N-ethyl adjacent to an activating group) is 1. The molecule has 0 saturated carbocycles. The number of carbonyl (C=O) groups excluding carboxylic acids is 3. The van der Waals surface area contributed by atoms with E-state index in [2.05, 4.69) is 4.90 Å². The largest absolute Gasteiger partial charge is 0.504 e. The lowest BCUT2D eigenvalue weighted by Gasteiger charge is -2.58. The van der Waals surface area contributed by atoms with Crippen LogP contribution in [0.1, 0.15) is 56.4 Å². The summed E-state index contributed by atoms with van der Waals surface area (Å²) in [5.74, 6) is -2.09. The van der Waals surface area contributed by atoms with Crippen molar-refractivity contribution in [2.24, 2.45) is 0 Å². The first-order chi connectivity index (χ1) is 19.4. The highest BCUT2D eigenvalue weighted by atomic mass is 16.6. The molecule has 0 aromatic heterocycles. The summed E-state index contributed by atoms with van der Waals surface area (Å²) in [4.78, 5) is 40.0. The van der Waals surface area contributed by atoms with Crippen LogP contribution in [0, 0.1) is 6.92 Å². The number of esters is 3. The minimum atomic E-state index is -1.35. The molecule has 2 aromatic rings. The van der Waals surface area contributed by atoms with Crippen molar-refractivity contribution in [3.8, 4) is 11.5 Å². The smallest absolute Gasteiger partial charge is 0.353 e. The topological polar surface area (TPSA) is 132 Å². The third-order valence-corrected chi connectivity index (χ3v) is 8.77. The molecule has 5 rings (SSSR count).